The van der Waals surface area contributed by atoms with E-state index in [2.05, 4.69) is 10.0 Å². The fourth-order valence-electron chi connectivity index (χ4n) is 4.18. The Morgan fingerprint density at radius 3 is 2.61 bits per heavy atom. The van der Waals surface area contributed by atoms with E-state index in [1.165, 1.54) is 42.5 Å². The SMILES string of the molecule is Cc1cc(NC(=O)c2cccc(S(=O)(=O)NC3C(C)CCCC3C(C)O)c2)ccc1F. The third kappa shape index (κ3) is 5.50. The lowest BCUT2D eigenvalue weighted by atomic mass is 9.76. The molecule has 31 heavy (non-hydrogen) atoms. The molecule has 1 aliphatic carbocycles. The third-order valence-corrected chi connectivity index (χ3v) is 7.46. The van der Waals surface area contributed by atoms with Gasteiger partial charge in [0.1, 0.15) is 5.82 Å². The molecule has 0 spiro atoms. The molecule has 1 fully saturated rings. The highest BCUT2D eigenvalue weighted by Crippen LogP contribution is 2.32. The van der Waals surface area contributed by atoms with Crippen molar-refractivity contribution in [3.05, 3.63) is 59.4 Å². The van der Waals surface area contributed by atoms with Crippen molar-refractivity contribution < 1.29 is 22.7 Å². The van der Waals surface area contributed by atoms with Crippen molar-refractivity contribution in [2.45, 2.75) is 57.1 Å². The molecule has 0 heterocycles. The van der Waals surface area contributed by atoms with Gasteiger partial charge in [-0.15, -0.1) is 0 Å². The molecule has 168 valence electrons. The number of benzene rings is 2. The average molecular weight is 449 g/mol. The largest absolute Gasteiger partial charge is 0.393 e. The summed E-state index contributed by atoms with van der Waals surface area (Å²) >= 11 is 0. The van der Waals surface area contributed by atoms with Gasteiger partial charge in [0.05, 0.1) is 11.0 Å². The molecule has 1 saturated carbocycles. The number of halogens is 1. The van der Waals surface area contributed by atoms with E-state index in [-0.39, 0.29) is 34.2 Å². The number of rotatable bonds is 6. The van der Waals surface area contributed by atoms with Crippen LogP contribution in [-0.4, -0.2) is 31.6 Å². The van der Waals surface area contributed by atoms with Crippen LogP contribution < -0.4 is 10.0 Å². The number of carbonyl (C=O) groups excluding carboxylic acids is 1. The van der Waals surface area contributed by atoms with Crippen LogP contribution >= 0.6 is 0 Å². The van der Waals surface area contributed by atoms with Crippen LogP contribution in [-0.2, 0) is 10.0 Å². The van der Waals surface area contributed by atoms with E-state index in [9.17, 15) is 22.7 Å². The second-order valence-electron chi connectivity index (χ2n) is 8.41. The number of amides is 1. The maximum absolute atomic E-state index is 13.4. The Balaban J connectivity index is 1.80. The van der Waals surface area contributed by atoms with Gasteiger partial charge in [0.15, 0.2) is 0 Å². The number of nitrogens with one attached hydrogen (secondary N) is 2. The zero-order valence-electron chi connectivity index (χ0n) is 17.9. The molecule has 2 aromatic carbocycles. The van der Waals surface area contributed by atoms with Crippen LogP contribution in [0.25, 0.3) is 0 Å². The molecule has 3 N–H and O–H groups in total. The van der Waals surface area contributed by atoms with Crippen LogP contribution in [0, 0.1) is 24.6 Å². The second-order valence-corrected chi connectivity index (χ2v) is 10.1. The van der Waals surface area contributed by atoms with Crippen molar-refractivity contribution in [1.82, 2.24) is 4.72 Å². The zero-order valence-corrected chi connectivity index (χ0v) is 18.7. The summed E-state index contributed by atoms with van der Waals surface area (Å²) in [7, 11) is -3.89. The van der Waals surface area contributed by atoms with Gasteiger partial charge in [-0.05, 0) is 74.6 Å². The summed E-state index contributed by atoms with van der Waals surface area (Å²) in [6.07, 6.45) is 1.98. The highest BCUT2D eigenvalue weighted by atomic mass is 32.2. The van der Waals surface area contributed by atoms with Crippen LogP contribution in [0.2, 0.25) is 0 Å². The van der Waals surface area contributed by atoms with Gasteiger partial charge in [-0.3, -0.25) is 4.79 Å². The van der Waals surface area contributed by atoms with E-state index in [1.54, 1.807) is 13.8 Å². The first-order chi connectivity index (χ1) is 14.6. The van der Waals surface area contributed by atoms with Gasteiger partial charge in [0.2, 0.25) is 10.0 Å². The first-order valence-electron chi connectivity index (χ1n) is 10.5. The van der Waals surface area contributed by atoms with Gasteiger partial charge < -0.3 is 10.4 Å². The van der Waals surface area contributed by atoms with Crippen LogP contribution in [0.1, 0.15) is 49.0 Å². The van der Waals surface area contributed by atoms with E-state index in [1.807, 2.05) is 6.92 Å². The lowest BCUT2D eigenvalue weighted by molar-refractivity contribution is 0.0645. The molecular weight excluding hydrogens is 419 g/mol. The van der Waals surface area contributed by atoms with Gasteiger partial charge in [0.25, 0.3) is 5.91 Å². The first-order valence-corrected chi connectivity index (χ1v) is 11.9. The van der Waals surface area contributed by atoms with Crippen LogP contribution in [0.4, 0.5) is 10.1 Å². The summed E-state index contributed by atoms with van der Waals surface area (Å²) in [5, 5.41) is 12.8. The van der Waals surface area contributed by atoms with E-state index < -0.39 is 22.0 Å². The smallest absolute Gasteiger partial charge is 0.255 e. The number of sulfonamides is 1. The summed E-state index contributed by atoms with van der Waals surface area (Å²) in [5.74, 6) is -0.927. The van der Waals surface area contributed by atoms with Crippen molar-refractivity contribution in [2.24, 2.45) is 11.8 Å². The topological polar surface area (TPSA) is 95.5 Å². The van der Waals surface area contributed by atoms with Crippen LogP contribution in [0.3, 0.4) is 0 Å². The predicted molar refractivity (Wildman–Crippen MR) is 118 cm³/mol. The molecule has 0 aliphatic heterocycles. The van der Waals surface area contributed by atoms with E-state index >= 15 is 0 Å². The summed E-state index contributed by atoms with van der Waals surface area (Å²) in [4.78, 5) is 12.6. The fraction of sp³-hybridized carbons (Fsp3) is 0.435. The van der Waals surface area contributed by atoms with Crippen molar-refractivity contribution in [1.29, 1.82) is 0 Å². The van der Waals surface area contributed by atoms with E-state index in [4.69, 9.17) is 0 Å². The number of aryl methyl sites for hydroxylation is 1. The van der Waals surface area contributed by atoms with Gasteiger partial charge in [-0.25, -0.2) is 17.5 Å². The van der Waals surface area contributed by atoms with E-state index in [0.29, 0.717) is 11.3 Å². The summed E-state index contributed by atoms with van der Waals surface area (Å²) in [5.41, 5.74) is 0.993. The number of aliphatic hydroxyl groups excluding tert-OH is 1. The van der Waals surface area contributed by atoms with Gasteiger partial charge in [-0.2, -0.15) is 0 Å². The molecule has 0 aromatic heterocycles. The van der Waals surface area contributed by atoms with Crippen molar-refractivity contribution in [2.75, 3.05) is 5.32 Å². The standard InChI is InChI=1S/C23H29FN2O4S/c1-14-6-4-9-20(16(3)27)22(14)26-31(29,30)19-8-5-7-17(13-19)23(28)25-18-10-11-21(24)15(2)12-18/h5,7-8,10-14,16,20,22,26-27H,4,6,9H2,1-3H3,(H,25,28). The third-order valence-electron chi connectivity index (χ3n) is 6.00. The number of hydrogen-bond acceptors (Lipinski definition) is 4. The maximum Gasteiger partial charge on any atom is 0.255 e. The molecule has 0 radical (unpaired) electrons. The molecular formula is C23H29FN2O4S. The molecule has 4 atom stereocenters. The minimum Gasteiger partial charge on any atom is -0.393 e. The fourth-order valence-corrected chi connectivity index (χ4v) is 5.62. The lowest BCUT2D eigenvalue weighted by Crippen LogP contribution is -2.49. The Morgan fingerprint density at radius 1 is 1.19 bits per heavy atom. The number of aliphatic hydroxyl groups is 1. The Labute approximate surface area is 182 Å². The number of anilines is 1. The summed E-state index contributed by atoms with van der Waals surface area (Å²) < 4.78 is 42.3. The monoisotopic (exact) mass is 448 g/mol. The molecule has 0 saturated heterocycles. The Morgan fingerprint density at radius 2 is 1.94 bits per heavy atom. The molecule has 6 nitrogen and oxygen atoms in total. The quantitative estimate of drug-likeness (QED) is 0.626. The molecule has 1 amide bonds. The lowest BCUT2D eigenvalue weighted by Gasteiger charge is -2.38. The minimum absolute atomic E-state index is 0.0162. The van der Waals surface area contributed by atoms with Gasteiger partial charge in [0, 0.05) is 23.2 Å². The van der Waals surface area contributed by atoms with Crippen molar-refractivity contribution in [3.8, 4) is 0 Å². The number of hydrogen-bond donors (Lipinski definition) is 3. The Bertz CT molecular complexity index is 1060. The normalized spacial score (nSPS) is 22.7. The van der Waals surface area contributed by atoms with Crippen LogP contribution in [0.15, 0.2) is 47.4 Å². The highest BCUT2D eigenvalue weighted by molar-refractivity contribution is 7.89. The molecule has 8 heteroatoms. The van der Waals surface area contributed by atoms with Crippen LogP contribution in [0.5, 0.6) is 0 Å². The summed E-state index contributed by atoms with van der Waals surface area (Å²) in [6.45, 7) is 5.26. The molecule has 0 bridgehead atoms. The number of carbonyl (C=O) groups is 1. The van der Waals surface area contributed by atoms with Crippen molar-refractivity contribution in [3.63, 3.8) is 0 Å². The molecule has 4 unspecified atom stereocenters. The van der Waals surface area contributed by atoms with E-state index in [0.717, 1.165) is 19.3 Å². The predicted octanol–water partition coefficient (Wildman–Crippen LogP) is 3.85. The minimum atomic E-state index is -3.89. The average Bonchev–Trinajstić information content (AvgIpc) is 2.72. The molecule has 2 aromatic rings. The Hall–Kier alpha value is -2.29. The first kappa shape index (κ1) is 23.4. The van der Waals surface area contributed by atoms with Gasteiger partial charge >= 0.3 is 0 Å². The second kappa shape index (κ2) is 9.46. The molecule has 3 rings (SSSR count). The zero-order chi connectivity index (χ0) is 22.8. The van der Waals surface area contributed by atoms with Gasteiger partial charge in [-0.1, -0.05) is 19.4 Å². The summed E-state index contributed by atoms with van der Waals surface area (Å²) in [6, 6.07) is 9.63. The Kier molecular flexibility index (Phi) is 7.13. The van der Waals surface area contributed by atoms with Crippen molar-refractivity contribution >= 4 is 21.6 Å². The molecule has 1 aliphatic rings. The maximum atomic E-state index is 13.4. The highest BCUT2D eigenvalue weighted by Gasteiger charge is 2.36.